The van der Waals surface area contributed by atoms with E-state index in [1.54, 1.807) is 6.08 Å². The van der Waals surface area contributed by atoms with Gasteiger partial charge in [-0.3, -0.25) is 28.8 Å². The van der Waals surface area contributed by atoms with Crippen molar-refractivity contribution in [2.75, 3.05) is 13.2 Å². The summed E-state index contributed by atoms with van der Waals surface area (Å²) in [6.07, 6.45) is 5.46. The third-order valence-corrected chi connectivity index (χ3v) is 12.2. The maximum absolute atomic E-state index is 13.8. The van der Waals surface area contributed by atoms with Gasteiger partial charge in [0.2, 0.25) is 11.7 Å². The molecule has 0 radical (unpaired) electrons. The predicted molar refractivity (Wildman–Crippen MR) is 164 cm³/mol. The van der Waals surface area contributed by atoms with E-state index >= 15 is 0 Å². The van der Waals surface area contributed by atoms with E-state index in [9.17, 15) is 39.0 Å². The number of fused-ring (bicyclic) bond motifs is 5. The van der Waals surface area contributed by atoms with Gasteiger partial charge in [0, 0.05) is 43.2 Å². The van der Waals surface area contributed by atoms with Crippen LogP contribution in [0.4, 0.5) is 0 Å². The Balaban J connectivity index is 1.16. The molecule has 5 aliphatic rings. The fraction of sp³-hybridized carbons (Fsp3) is 0.771. The maximum atomic E-state index is 13.8. The SMILES string of the molecule is CC1(C)C[C@H]([C@H](CC(=O)O)NC(=O)CCC(=O)OCC(=O)[C@@]2(O)CC[C@@H]3[C@H]4CCC5=CC(=O)CC[C@]5(C)[C@@H]4C(=O)C[C@@]32C)CCO1. The second kappa shape index (κ2) is 12.6. The molecule has 3 N–H and O–H groups in total. The van der Waals surface area contributed by atoms with Gasteiger partial charge in [-0.15, -0.1) is 0 Å². The Morgan fingerprint density at radius 2 is 1.78 bits per heavy atom. The average Bonchev–Trinajstić information content (AvgIpc) is 3.24. The minimum atomic E-state index is -1.82. The van der Waals surface area contributed by atoms with Crippen molar-refractivity contribution in [1.82, 2.24) is 5.32 Å². The number of carbonyl (C=O) groups excluding carboxylic acids is 5. The van der Waals surface area contributed by atoms with Crippen molar-refractivity contribution in [2.45, 2.75) is 122 Å². The zero-order valence-corrected chi connectivity index (χ0v) is 27.5. The van der Waals surface area contributed by atoms with Gasteiger partial charge in [0.1, 0.15) is 11.4 Å². The third-order valence-electron chi connectivity index (χ3n) is 12.2. The summed E-state index contributed by atoms with van der Waals surface area (Å²) >= 11 is 0. The molecule has 254 valence electrons. The molecular formula is C35H49NO10. The van der Waals surface area contributed by atoms with Gasteiger partial charge in [0.15, 0.2) is 12.4 Å². The van der Waals surface area contributed by atoms with Crippen molar-refractivity contribution < 1.29 is 48.5 Å². The third kappa shape index (κ3) is 6.33. The fourth-order valence-corrected chi connectivity index (χ4v) is 9.82. The number of allylic oxidation sites excluding steroid dienone is 1. The predicted octanol–water partition coefficient (Wildman–Crippen LogP) is 3.49. The molecule has 5 rings (SSSR count). The topological polar surface area (TPSA) is 173 Å². The highest BCUT2D eigenvalue weighted by Crippen LogP contribution is 2.66. The van der Waals surface area contributed by atoms with Gasteiger partial charge in [0.25, 0.3) is 0 Å². The van der Waals surface area contributed by atoms with Crippen LogP contribution in [0.25, 0.3) is 0 Å². The number of carbonyl (C=O) groups is 6. The zero-order chi connectivity index (χ0) is 33.7. The Labute approximate surface area is 270 Å². The summed E-state index contributed by atoms with van der Waals surface area (Å²) in [6.45, 7) is 7.55. The van der Waals surface area contributed by atoms with Crippen LogP contribution in [0, 0.1) is 34.5 Å². The summed E-state index contributed by atoms with van der Waals surface area (Å²) in [5.74, 6) is -3.20. The van der Waals surface area contributed by atoms with E-state index in [2.05, 4.69) is 12.2 Å². The molecule has 11 heteroatoms. The maximum Gasteiger partial charge on any atom is 0.306 e. The van der Waals surface area contributed by atoms with E-state index < -0.39 is 52.9 Å². The number of amides is 1. The molecule has 46 heavy (non-hydrogen) atoms. The lowest BCUT2D eigenvalue weighted by Crippen LogP contribution is -2.61. The number of nitrogens with one attached hydrogen (secondary N) is 1. The minimum Gasteiger partial charge on any atom is -0.481 e. The minimum absolute atomic E-state index is 0.00153. The van der Waals surface area contributed by atoms with E-state index in [4.69, 9.17) is 9.47 Å². The lowest BCUT2D eigenvalue weighted by molar-refractivity contribution is -0.173. The molecule has 1 heterocycles. The number of hydrogen-bond donors (Lipinski definition) is 3. The van der Waals surface area contributed by atoms with E-state index in [-0.39, 0.29) is 72.8 Å². The number of carboxylic acids is 1. The van der Waals surface area contributed by atoms with Crippen molar-refractivity contribution in [2.24, 2.45) is 34.5 Å². The second-order valence-corrected chi connectivity index (χ2v) is 15.5. The Morgan fingerprint density at radius 3 is 2.48 bits per heavy atom. The van der Waals surface area contributed by atoms with Gasteiger partial charge in [-0.25, -0.2) is 0 Å². The molecule has 0 spiro atoms. The first kappa shape index (κ1) is 34.4. The first-order chi connectivity index (χ1) is 21.5. The summed E-state index contributed by atoms with van der Waals surface area (Å²) in [5, 5.41) is 24.0. The van der Waals surface area contributed by atoms with Crippen LogP contribution >= 0.6 is 0 Å². The molecule has 3 saturated carbocycles. The normalized spacial score (nSPS) is 37.2. The van der Waals surface area contributed by atoms with E-state index in [0.717, 1.165) is 18.4 Å². The number of ether oxygens (including phenoxy) is 2. The Hall–Kier alpha value is -2.92. The number of esters is 1. The lowest BCUT2D eigenvalue weighted by Gasteiger charge is -2.57. The van der Waals surface area contributed by atoms with E-state index in [1.807, 2.05) is 20.8 Å². The molecule has 0 unspecified atom stereocenters. The molecule has 0 bridgehead atoms. The number of hydrogen-bond acceptors (Lipinski definition) is 9. The monoisotopic (exact) mass is 643 g/mol. The summed E-state index contributed by atoms with van der Waals surface area (Å²) in [5.41, 5.74) is -2.57. The summed E-state index contributed by atoms with van der Waals surface area (Å²) in [6, 6.07) is -0.608. The molecule has 1 amide bonds. The van der Waals surface area contributed by atoms with Crippen LogP contribution in [0.3, 0.4) is 0 Å². The second-order valence-electron chi connectivity index (χ2n) is 15.5. The molecule has 8 atom stereocenters. The van der Waals surface area contributed by atoms with Gasteiger partial charge in [0.05, 0.1) is 18.4 Å². The van der Waals surface area contributed by atoms with Gasteiger partial charge < -0.3 is 25.0 Å². The Bertz CT molecular complexity index is 1340. The van der Waals surface area contributed by atoms with Crippen molar-refractivity contribution >= 4 is 35.2 Å². The van der Waals surface area contributed by atoms with Crippen LogP contribution in [0.15, 0.2) is 11.6 Å². The number of aliphatic carboxylic acids is 1. The van der Waals surface area contributed by atoms with E-state index in [1.165, 1.54) is 0 Å². The number of aliphatic hydroxyl groups is 1. The molecular weight excluding hydrogens is 594 g/mol. The van der Waals surface area contributed by atoms with Crippen LogP contribution in [0.1, 0.15) is 105 Å². The van der Waals surface area contributed by atoms with Crippen LogP contribution < -0.4 is 5.32 Å². The van der Waals surface area contributed by atoms with E-state index in [0.29, 0.717) is 38.7 Å². The highest BCUT2D eigenvalue weighted by molar-refractivity contribution is 5.95. The molecule has 4 aliphatic carbocycles. The standard InChI is InChI=1S/C35H49NO10/c1-32(2)17-20(11-14-46-32)25(16-29(41)42)36-28(40)7-8-30(43)45-19-27(39)35(44)13-10-24-23-6-5-21-15-22(37)9-12-33(21,3)31(23)26(38)18-34(24,35)4/h15,20,23-25,31,44H,5-14,16-19H2,1-4H3,(H,36,40)(H,41,42)/t20-,23-,24-,25+,31+,33+,34+,35+/m1/s1. The summed E-state index contributed by atoms with van der Waals surface area (Å²) < 4.78 is 11.0. The van der Waals surface area contributed by atoms with Gasteiger partial charge in [-0.1, -0.05) is 19.4 Å². The number of Topliss-reactive ketones (excluding diaryl/α,β-unsaturated/α-hetero) is 2. The molecule has 4 fully saturated rings. The largest absolute Gasteiger partial charge is 0.481 e. The smallest absolute Gasteiger partial charge is 0.306 e. The van der Waals surface area contributed by atoms with Crippen LogP contribution in [0.2, 0.25) is 0 Å². The molecule has 0 aromatic carbocycles. The number of rotatable bonds is 10. The van der Waals surface area contributed by atoms with Crippen LogP contribution in [0.5, 0.6) is 0 Å². The quantitative estimate of drug-likeness (QED) is 0.299. The number of carboxylic acid groups (broad SMARTS) is 1. The van der Waals surface area contributed by atoms with Crippen molar-refractivity contribution in [3.8, 4) is 0 Å². The van der Waals surface area contributed by atoms with Crippen molar-refractivity contribution in [3.63, 3.8) is 0 Å². The highest BCUT2D eigenvalue weighted by atomic mass is 16.5. The lowest BCUT2D eigenvalue weighted by atomic mass is 9.46. The first-order valence-electron chi connectivity index (χ1n) is 16.8. The molecule has 0 aromatic rings. The average molecular weight is 644 g/mol. The van der Waals surface area contributed by atoms with Gasteiger partial charge in [-0.2, -0.15) is 0 Å². The molecule has 1 aliphatic heterocycles. The van der Waals surface area contributed by atoms with Crippen molar-refractivity contribution in [3.05, 3.63) is 11.6 Å². The van der Waals surface area contributed by atoms with Crippen LogP contribution in [-0.4, -0.2) is 75.9 Å². The number of ketones is 3. The van der Waals surface area contributed by atoms with Crippen molar-refractivity contribution in [1.29, 1.82) is 0 Å². The highest BCUT2D eigenvalue weighted by Gasteiger charge is 2.68. The first-order valence-corrected chi connectivity index (χ1v) is 16.8. The summed E-state index contributed by atoms with van der Waals surface area (Å²) in [4.78, 5) is 76.2. The van der Waals surface area contributed by atoms with Gasteiger partial charge in [-0.05, 0) is 88.0 Å². The Morgan fingerprint density at radius 1 is 1.04 bits per heavy atom. The van der Waals surface area contributed by atoms with Crippen LogP contribution in [-0.2, 0) is 38.2 Å². The zero-order valence-electron chi connectivity index (χ0n) is 27.5. The molecule has 1 saturated heterocycles. The molecule has 11 nitrogen and oxygen atoms in total. The summed E-state index contributed by atoms with van der Waals surface area (Å²) in [7, 11) is 0. The fourth-order valence-electron chi connectivity index (χ4n) is 9.82. The Kier molecular flexibility index (Phi) is 9.43. The van der Waals surface area contributed by atoms with Gasteiger partial charge >= 0.3 is 11.9 Å². The molecule has 0 aromatic heterocycles.